The Hall–Kier alpha value is -3.75. The summed E-state index contributed by atoms with van der Waals surface area (Å²) >= 11 is 0. The molecule has 1 saturated carbocycles. The highest BCUT2D eigenvalue weighted by atomic mass is 16.5. The summed E-state index contributed by atoms with van der Waals surface area (Å²) in [6, 6.07) is 10.6. The maximum Gasteiger partial charge on any atom is 0.284 e. The third-order valence-electron chi connectivity index (χ3n) is 6.71. The van der Waals surface area contributed by atoms with Crippen molar-refractivity contribution in [3.8, 4) is 5.75 Å². The number of fused-ring (bicyclic) bond motifs is 1. The summed E-state index contributed by atoms with van der Waals surface area (Å²) in [6.07, 6.45) is 5.55. The van der Waals surface area contributed by atoms with Crippen molar-refractivity contribution in [2.24, 2.45) is 0 Å². The van der Waals surface area contributed by atoms with Gasteiger partial charge in [0.1, 0.15) is 11.3 Å². The summed E-state index contributed by atoms with van der Waals surface area (Å²) in [5.74, 6) is 0.121. The van der Waals surface area contributed by atoms with E-state index < -0.39 is 5.91 Å². The van der Waals surface area contributed by atoms with Gasteiger partial charge < -0.3 is 14.5 Å². The highest BCUT2D eigenvalue weighted by molar-refractivity contribution is 5.96. The van der Waals surface area contributed by atoms with Crippen molar-refractivity contribution < 1.29 is 14.3 Å². The Balaban J connectivity index is 1.37. The predicted octanol–water partition coefficient (Wildman–Crippen LogP) is 2.51. The molecule has 0 radical (unpaired) electrons. The maximum absolute atomic E-state index is 13.4. The second-order valence-corrected chi connectivity index (χ2v) is 8.74. The van der Waals surface area contributed by atoms with Crippen molar-refractivity contribution in [3.63, 3.8) is 0 Å². The molecule has 176 valence electrons. The second-order valence-electron chi connectivity index (χ2n) is 8.74. The Morgan fingerprint density at radius 2 is 1.68 bits per heavy atom. The van der Waals surface area contributed by atoms with E-state index >= 15 is 0 Å². The van der Waals surface area contributed by atoms with E-state index in [0.29, 0.717) is 48.7 Å². The zero-order chi connectivity index (χ0) is 23.7. The van der Waals surface area contributed by atoms with Gasteiger partial charge in [-0.15, -0.1) is 0 Å². The monoisotopic (exact) mass is 461 g/mol. The molecule has 1 aliphatic heterocycles. The second kappa shape index (κ2) is 9.24. The van der Waals surface area contributed by atoms with Gasteiger partial charge in [0.2, 0.25) is 0 Å². The van der Waals surface area contributed by atoms with Crippen LogP contribution in [-0.4, -0.2) is 69.4 Å². The van der Waals surface area contributed by atoms with Crippen LogP contribution in [0.5, 0.6) is 5.75 Å². The molecule has 34 heavy (non-hydrogen) atoms. The molecule has 5 rings (SSSR count). The van der Waals surface area contributed by atoms with Gasteiger partial charge in [-0.3, -0.25) is 19.0 Å². The van der Waals surface area contributed by atoms with Crippen molar-refractivity contribution in [3.05, 3.63) is 64.2 Å². The third kappa shape index (κ3) is 4.02. The van der Waals surface area contributed by atoms with Gasteiger partial charge in [-0.25, -0.2) is 9.97 Å². The van der Waals surface area contributed by atoms with Crippen LogP contribution in [-0.2, 0) is 0 Å². The normalized spacial score (nSPS) is 16.7. The molecule has 2 fully saturated rings. The van der Waals surface area contributed by atoms with Crippen LogP contribution in [0.3, 0.4) is 0 Å². The van der Waals surface area contributed by atoms with Gasteiger partial charge >= 0.3 is 0 Å². The first-order valence-corrected chi connectivity index (χ1v) is 11.7. The molecule has 0 spiro atoms. The van der Waals surface area contributed by atoms with Crippen LogP contribution in [0.25, 0.3) is 11.2 Å². The Morgan fingerprint density at radius 1 is 0.971 bits per heavy atom. The minimum atomic E-state index is -0.393. The smallest absolute Gasteiger partial charge is 0.284 e. The number of piperazine rings is 1. The number of methoxy groups -OCH3 is 1. The van der Waals surface area contributed by atoms with Gasteiger partial charge in [0, 0.05) is 44.0 Å². The number of carbonyl (C=O) groups is 2. The molecule has 2 amide bonds. The van der Waals surface area contributed by atoms with Gasteiger partial charge in [-0.2, -0.15) is 0 Å². The van der Waals surface area contributed by atoms with Gasteiger partial charge in [-0.05, 0) is 43.2 Å². The lowest BCUT2D eigenvalue weighted by atomic mass is 10.1. The Labute approximate surface area is 197 Å². The van der Waals surface area contributed by atoms with Crippen molar-refractivity contribution in [1.82, 2.24) is 24.3 Å². The molecule has 1 aromatic carbocycles. The number of hydrogen-bond donors (Lipinski definition) is 0. The number of hydrogen-bond acceptors (Lipinski definition) is 6. The summed E-state index contributed by atoms with van der Waals surface area (Å²) in [4.78, 5) is 51.8. The van der Waals surface area contributed by atoms with Crippen LogP contribution in [0.4, 0.5) is 0 Å². The van der Waals surface area contributed by atoms with E-state index in [9.17, 15) is 14.4 Å². The average Bonchev–Trinajstić information content (AvgIpc) is 3.42. The number of aromatic nitrogens is 3. The predicted molar refractivity (Wildman–Crippen MR) is 126 cm³/mol. The van der Waals surface area contributed by atoms with Gasteiger partial charge in [0.05, 0.1) is 7.11 Å². The van der Waals surface area contributed by atoms with E-state index in [2.05, 4.69) is 9.97 Å². The zero-order valence-electron chi connectivity index (χ0n) is 19.1. The molecule has 3 heterocycles. The molecule has 0 N–H and O–H groups in total. The summed E-state index contributed by atoms with van der Waals surface area (Å²) in [7, 11) is 1.56. The van der Waals surface area contributed by atoms with Gasteiger partial charge in [0.15, 0.2) is 11.3 Å². The molecule has 2 aromatic heterocycles. The lowest BCUT2D eigenvalue weighted by Gasteiger charge is -2.34. The van der Waals surface area contributed by atoms with Crippen LogP contribution in [0.15, 0.2) is 47.4 Å². The van der Waals surface area contributed by atoms with Crippen molar-refractivity contribution in [2.45, 2.75) is 31.7 Å². The topological polar surface area (TPSA) is 97.6 Å². The molecule has 0 atom stereocenters. The molecule has 0 bridgehead atoms. The Morgan fingerprint density at radius 3 is 2.38 bits per heavy atom. The van der Waals surface area contributed by atoms with Crippen LogP contribution in [0.2, 0.25) is 0 Å². The lowest BCUT2D eigenvalue weighted by molar-refractivity contribution is 0.0531. The van der Waals surface area contributed by atoms with Crippen LogP contribution in [0, 0.1) is 0 Å². The Kier molecular flexibility index (Phi) is 6.00. The zero-order valence-corrected chi connectivity index (χ0v) is 19.1. The van der Waals surface area contributed by atoms with Crippen molar-refractivity contribution in [1.29, 1.82) is 0 Å². The fraction of sp³-hybridized carbons (Fsp3) is 0.400. The van der Waals surface area contributed by atoms with Gasteiger partial charge in [0.25, 0.3) is 17.4 Å². The third-order valence-corrected chi connectivity index (χ3v) is 6.71. The molecular weight excluding hydrogens is 434 g/mol. The quantitative estimate of drug-likeness (QED) is 0.592. The summed E-state index contributed by atoms with van der Waals surface area (Å²) in [5, 5.41) is 0. The molecule has 2 aliphatic rings. The number of nitrogens with zero attached hydrogens (tertiary/aromatic N) is 5. The summed E-state index contributed by atoms with van der Waals surface area (Å²) in [5.41, 5.74) is 1.18. The first-order valence-electron chi connectivity index (χ1n) is 11.7. The van der Waals surface area contributed by atoms with E-state index in [0.717, 1.165) is 25.7 Å². The maximum atomic E-state index is 13.4. The standard InChI is InChI=1S/C25H27N5O4/c1-34-19-9-4-6-17(16-19)23(31)28-12-14-29(15-13-28)24(32)21-25(33)30(18-7-2-3-8-18)22-20(27-21)10-5-11-26-22/h4-6,9-11,16,18H,2-3,7-8,12-15H2,1H3. The average molecular weight is 462 g/mol. The SMILES string of the molecule is COc1cccc(C(=O)N2CCN(C(=O)c3nc4cccnc4n(C4CCCC4)c3=O)CC2)c1. The van der Waals surface area contributed by atoms with Crippen LogP contribution in [0.1, 0.15) is 52.6 Å². The van der Waals surface area contributed by atoms with E-state index in [1.54, 1.807) is 64.1 Å². The Bertz CT molecular complexity index is 1290. The summed E-state index contributed by atoms with van der Waals surface area (Å²) < 4.78 is 6.88. The van der Waals surface area contributed by atoms with Crippen molar-refractivity contribution >= 4 is 23.0 Å². The number of amides is 2. The summed E-state index contributed by atoms with van der Waals surface area (Å²) in [6.45, 7) is 1.44. The first kappa shape index (κ1) is 22.1. The highest BCUT2D eigenvalue weighted by Crippen LogP contribution is 2.30. The lowest BCUT2D eigenvalue weighted by Crippen LogP contribution is -2.51. The van der Waals surface area contributed by atoms with Crippen LogP contribution < -0.4 is 10.3 Å². The molecule has 0 unspecified atom stereocenters. The van der Waals surface area contributed by atoms with E-state index in [1.807, 2.05) is 0 Å². The fourth-order valence-electron chi connectivity index (χ4n) is 4.88. The number of rotatable bonds is 4. The molecule has 9 nitrogen and oxygen atoms in total. The molecule has 1 aliphatic carbocycles. The fourth-order valence-corrected chi connectivity index (χ4v) is 4.88. The van der Waals surface area contributed by atoms with E-state index in [-0.39, 0.29) is 23.2 Å². The van der Waals surface area contributed by atoms with E-state index in [1.165, 1.54) is 0 Å². The minimum Gasteiger partial charge on any atom is -0.497 e. The minimum absolute atomic E-state index is 0.0387. The largest absolute Gasteiger partial charge is 0.497 e. The molecule has 9 heteroatoms. The first-order chi connectivity index (χ1) is 16.6. The number of carbonyl (C=O) groups excluding carboxylic acids is 2. The van der Waals surface area contributed by atoms with Gasteiger partial charge in [-0.1, -0.05) is 18.9 Å². The number of pyridine rings is 1. The van der Waals surface area contributed by atoms with Crippen LogP contribution >= 0.6 is 0 Å². The number of benzene rings is 1. The molecule has 1 saturated heterocycles. The number of ether oxygens (including phenoxy) is 1. The molecular formula is C25H27N5O4. The van der Waals surface area contributed by atoms with Crippen molar-refractivity contribution in [2.75, 3.05) is 33.3 Å². The highest BCUT2D eigenvalue weighted by Gasteiger charge is 2.30. The molecule has 3 aromatic rings. The van der Waals surface area contributed by atoms with E-state index in [4.69, 9.17) is 4.74 Å².